The summed E-state index contributed by atoms with van der Waals surface area (Å²) in [6.07, 6.45) is 4.81. The van der Waals surface area contributed by atoms with Crippen LogP contribution in [-0.4, -0.2) is 22.3 Å². The molecule has 1 aromatic carbocycles. The van der Waals surface area contributed by atoms with Gasteiger partial charge in [-0.25, -0.2) is 0 Å². The number of nitrogens with zero attached hydrogens (tertiary/aromatic N) is 2. The van der Waals surface area contributed by atoms with E-state index < -0.39 is 0 Å². The molecule has 0 saturated heterocycles. The van der Waals surface area contributed by atoms with Crippen LogP contribution in [0, 0.1) is 0 Å². The predicted molar refractivity (Wildman–Crippen MR) is 74.3 cm³/mol. The molecule has 1 atom stereocenters. The van der Waals surface area contributed by atoms with E-state index in [9.17, 15) is 4.79 Å². The van der Waals surface area contributed by atoms with E-state index in [0.29, 0.717) is 19.6 Å². The minimum Gasteiger partial charge on any atom is -0.493 e. The van der Waals surface area contributed by atoms with E-state index in [-0.39, 0.29) is 11.9 Å². The first-order chi connectivity index (χ1) is 9.83. The number of rotatable bonds is 4. The fourth-order valence-corrected chi connectivity index (χ4v) is 2.41. The topological polar surface area (TPSA) is 56.2 Å². The van der Waals surface area contributed by atoms with E-state index in [2.05, 4.69) is 10.4 Å². The second-order valence-electron chi connectivity index (χ2n) is 4.81. The standard InChI is InChI=1S/C15H17N3O2/c19-15(6-10-18-9-3-8-16-18)17-13-7-11-20-14-5-2-1-4-12(13)14/h1-5,8-9,13H,6-7,10-11H2,(H,17,19)/t13-/m1/s1. The summed E-state index contributed by atoms with van der Waals surface area (Å²) in [6, 6.07) is 9.76. The predicted octanol–water partition coefficient (Wildman–Crippen LogP) is 1.91. The van der Waals surface area contributed by atoms with Gasteiger partial charge in [-0.05, 0) is 12.1 Å². The first-order valence-corrected chi connectivity index (χ1v) is 6.81. The normalized spacial score (nSPS) is 17.1. The first-order valence-electron chi connectivity index (χ1n) is 6.81. The molecule has 1 amide bonds. The van der Waals surface area contributed by atoms with E-state index in [0.717, 1.165) is 17.7 Å². The summed E-state index contributed by atoms with van der Waals surface area (Å²) in [6.45, 7) is 1.24. The summed E-state index contributed by atoms with van der Waals surface area (Å²) >= 11 is 0. The maximum Gasteiger partial charge on any atom is 0.222 e. The zero-order valence-corrected chi connectivity index (χ0v) is 11.2. The van der Waals surface area contributed by atoms with Crippen LogP contribution in [0.5, 0.6) is 5.75 Å². The van der Waals surface area contributed by atoms with Crippen molar-refractivity contribution in [3.05, 3.63) is 48.3 Å². The van der Waals surface area contributed by atoms with Crippen LogP contribution in [0.1, 0.15) is 24.4 Å². The van der Waals surface area contributed by atoms with Crippen LogP contribution in [0.3, 0.4) is 0 Å². The van der Waals surface area contributed by atoms with Crippen LogP contribution >= 0.6 is 0 Å². The Kier molecular flexibility index (Phi) is 3.67. The lowest BCUT2D eigenvalue weighted by atomic mass is 10.0. The molecule has 0 unspecified atom stereocenters. The third kappa shape index (κ3) is 2.82. The van der Waals surface area contributed by atoms with Crippen LogP contribution < -0.4 is 10.1 Å². The fraction of sp³-hybridized carbons (Fsp3) is 0.333. The van der Waals surface area contributed by atoms with Gasteiger partial charge in [-0.15, -0.1) is 0 Å². The van der Waals surface area contributed by atoms with Gasteiger partial charge in [0, 0.05) is 37.3 Å². The number of benzene rings is 1. The summed E-state index contributed by atoms with van der Waals surface area (Å²) in [7, 11) is 0. The molecule has 1 N–H and O–H groups in total. The van der Waals surface area contributed by atoms with Crippen molar-refractivity contribution in [2.24, 2.45) is 0 Å². The third-order valence-corrected chi connectivity index (χ3v) is 3.42. The summed E-state index contributed by atoms with van der Waals surface area (Å²) < 4.78 is 7.35. The van der Waals surface area contributed by atoms with Gasteiger partial charge in [-0.1, -0.05) is 18.2 Å². The highest BCUT2D eigenvalue weighted by molar-refractivity contribution is 5.76. The average Bonchev–Trinajstić information content (AvgIpc) is 2.99. The molecule has 0 spiro atoms. The van der Waals surface area contributed by atoms with E-state index in [4.69, 9.17) is 4.74 Å². The molecule has 0 saturated carbocycles. The number of amides is 1. The van der Waals surface area contributed by atoms with E-state index in [1.165, 1.54) is 0 Å². The van der Waals surface area contributed by atoms with Gasteiger partial charge in [-0.2, -0.15) is 5.10 Å². The van der Waals surface area contributed by atoms with Crippen molar-refractivity contribution in [1.29, 1.82) is 0 Å². The van der Waals surface area contributed by atoms with Crippen LogP contribution in [0.2, 0.25) is 0 Å². The zero-order valence-electron chi connectivity index (χ0n) is 11.2. The highest BCUT2D eigenvalue weighted by Crippen LogP contribution is 2.31. The minimum atomic E-state index is 0.0437. The van der Waals surface area contributed by atoms with Crippen molar-refractivity contribution in [3.63, 3.8) is 0 Å². The molecule has 2 heterocycles. The number of ether oxygens (including phenoxy) is 1. The Bertz CT molecular complexity index is 581. The van der Waals surface area contributed by atoms with Gasteiger partial charge in [0.15, 0.2) is 0 Å². The molecular weight excluding hydrogens is 254 g/mol. The average molecular weight is 271 g/mol. The van der Waals surface area contributed by atoms with Crippen molar-refractivity contribution in [1.82, 2.24) is 15.1 Å². The summed E-state index contributed by atoms with van der Waals surface area (Å²) in [5.74, 6) is 0.915. The molecular formula is C15H17N3O2. The van der Waals surface area contributed by atoms with Crippen molar-refractivity contribution in [2.45, 2.75) is 25.4 Å². The highest BCUT2D eigenvalue weighted by atomic mass is 16.5. The second-order valence-corrected chi connectivity index (χ2v) is 4.81. The molecule has 5 nitrogen and oxygen atoms in total. The van der Waals surface area contributed by atoms with Crippen molar-refractivity contribution in [2.75, 3.05) is 6.61 Å². The van der Waals surface area contributed by atoms with E-state index >= 15 is 0 Å². The number of aryl methyl sites for hydroxylation is 1. The Balaban J connectivity index is 1.59. The molecule has 3 rings (SSSR count). The quantitative estimate of drug-likeness (QED) is 0.924. The zero-order chi connectivity index (χ0) is 13.8. The van der Waals surface area contributed by atoms with Gasteiger partial charge in [0.05, 0.1) is 12.6 Å². The molecule has 0 radical (unpaired) electrons. The lowest BCUT2D eigenvalue weighted by Crippen LogP contribution is -2.32. The molecule has 0 fully saturated rings. The monoisotopic (exact) mass is 271 g/mol. The van der Waals surface area contributed by atoms with Gasteiger partial charge in [0.25, 0.3) is 0 Å². The van der Waals surface area contributed by atoms with Crippen molar-refractivity contribution in [3.8, 4) is 5.75 Å². The molecule has 1 aliphatic rings. The summed E-state index contributed by atoms with van der Waals surface area (Å²) in [5.41, 5.74) is 1.06. The SMILES string of the molecule is O=C(CCn1cccn1)N[C@@H]1CCOc2ccccc21. The molecule has 20 heavy (non-hydrogen) atoms. The van der Waals surface area contributed by atoms with Gasteiger partial charge >= 0.3 is 0 Å². The molecule has 1 aromatic heterocycles. The smallest absolute Gasteiger partial charge is 0.222 e. The van der Waals surface area contributed by atoms with Gasteiger partial charge in [0.2, 0.25) is 5.91 Å². The van der Waals surface area contributed by atoms with E-state index in [1.54, 1.807) is 10.9 Å². The molecule has 5 heteroatoms. The summed E-state index contributed by atoms with van der Waals surface area (Å²) in [5, 5.41) is 7.17. The molecule has 104 valence electrons. The number of para-hydroxylation sites is 1. The molecule has 0 aliphatic carbocycles. The maximum absolute atomic E-state index is 12.0. The van der Waals surface area contributed by atoms with E-state index in [1.807, 2.05) is 36.5 Å². The Hall–Kier alpha value is -2.30. The Labute approximate surface area is 117 Å². The fourth-order valence-electron chi connectivity index (χ4n) is 2.41. The number of fused-ring (bicyclic) bond motifs is 1. The van der Waals surface area contributed by atoms with Crippen LogP contribution in [0.15, 0.2) is 42.7 Å². The summed E-state index contributed by atoms with van der Waals surface area (Å²) in [4.78, 5) is 12.0. The lowest BCUT2D eigenvalue weighted by molar-refractivity contribution is -0.122. The molecule has 0 bridgehead atoms. The van der Waals surface area contributed by atoms with Crippen molar-refractivity contribution < 1.29 is 9.53 Å². The number of carbonyl (C=O) groups excluding carboxylic acids is 1. The van der Waals surface area contributed by atoms with Crippen LogP contribution in [-0.2, 0) is 11.3 Å². The van der Waals surface area contributed by atoms with Gasteiger partial charge < -0.3 is 10.1 Å². The second kappa shape index (κ2) is 5.77. The van der Waals surface area contributed by atoms with Gasteiger partial charge in [0.1, 0.15) is 5.75 Å². The Morgan fingerprint density at radius 3 is 3.15 bits per heavy atom. The lowest BCUT2D eigenvalue weighted by Gasteiger charge is -2.26. The maximum atomic E-state index is 12.0. The molecule has 1 aliphatic heterocycles. The van der Waals surface area contributed by atoms with Crippen LogP contribution in [0.25, 0.3) is 0 Å². The minimum absolute atomic E-state index is 0.0437. The highest BCUT2D eigenvalue weighted by Gasteiger charge is 2.22. The Morgan fingerprint density at radius 1 is 1.40 bits per heavy atom. The largest absolute Gasteiger partial charge is 0.493 e. The van der Waals surface area contributed by atoms with Gasteiger partial charge in [-0.3, -0.25) is 9.48 Å². The third-order valence-electron chi connectivity index (χ3n) is 3.42. The Morgan fingerprint density at radius 2 is 2.30 bits per heavy atom. The number of aromatic nitrogens is 2. The number of hydrogen-bond donors (Lipinski definition) is 1. The first kappa shape index (κ1) is 12.7. The number of hydrogen-bond acceptors (Lipinski definition) is 3. The van der Waals surface area contributed by atoms with Crippen LogP contribution in [0.4, 0.5) is 0 Å². The number of nitrogens with one attached hydrogen (secondary N) is 1. The molecule has 2 aromatic rings. The van der Waals surface area contributed by atoms with Crippen molar-refractivity contribution >= 4 is 5.91 Å². The number of carbonyl (C=O) groups is 1.